The summed E-state index contributed by atoms with van der Waals surface area (Å²) in [6.45, 7) is 3.40. The molecule has 1 unspecified atom stereocenters. The molecule has 0 fully saturated rings. The molecule has 0 saturated carbocycles. The van der Waals surface area contributed by atoms with Crippen molar-refractivity contribution in [3.05, 3.63) is 35.1 Å². The number of hydrogen-bond donors (Lipinski definition) is 2. The maximum absolute atomic E-state index is 13.1. The molecule has 0 spiro atoms. The molecule has 0 aromatic carbocycles. The summed E-state index contributed by atoms with van der Waals surface area (Å²) in [6.07, 6.45) is 2.27. The van der Waals surface area contributed by atoms with E-state index in [0.717, 1.165) is 0 Å². The number of halogens is 2. The van der Waals surface area contributed by atoms with Crippen molar-refractivity contribution in [2.24, 2.45) is 0 Å². The van der Waals surface area contributed by atoms with E-state index in [1.54, 1.807) is 13.8 Å². The normalized spacial score (nSPS) is 19.3. The van der Waals surface area contributed by atoms with Crippen molar-refractivity contribution in [3.63, 3.8) is 0 Å². The topological polar surface area (TPSA) is 32.3 Å². The Morgan fingerprint density at radius 2 is 2.00 bits per heavy atom. The molecule has 1 aliphatic rings. The lowest BCUT2D eigenvalue weighted by atomic mass is 10.2. The highest BCUT2D eigenvalue weighted by atomic mass is 19.1. The zero-order chi connectivity index (χ0) is 11.4. The zero-order valence-electron chi connectivity index (χ0n) is 8.85. The summed E-state index contributed by atoms with van der Waals surface area (Å²) in [5.74, 6) is -1.01. The zero-order valence-corrected chi connectivity index (χ0v) is 8.85. The van der Waals surface area contributed by atoms with Crippen molar-refractivity contribution < 1.29 is 13.9 Å². The summed E-state index contributed by atoms with van der Waals surface area (Å²) < 4.78 is 26.1. The van der Waals surface area contributed by atoms with E-state index in [4.69, 9.17) is 5.11 Å². The molecular formula is C11H15F2NO. The van der Waals surface area contributed by atoms with E-state index in [-0.39, 0.29) is 19.1 Å². The van der Waals surface area contributed by atoms with Crippen molar-refractivity contribution in [1.29, 1.82) is 0 Å². The lowest BCUT2D eigenvalue weighted by molar-refractivity contribution is 0.259. The highest BCUT2D eigenvalue weighted by Crippen LogP contribution is 2.22. The smallest absolute Gasteiger partial charge is 0.109 e. The monoisotopic (exact) mass is 215 g/mol. The van der Waals surface area contributed by atoms with Crippen molar-refractivity contribution in [2.45, 2.75) is 26.3 Å². The fourth-order valence-electron chi connectivity index (χ4n) is 1.31. The largest absolute Gasteiger partial charge is 0.394 e. The fourth-order valence-corrected chi connectivity index (χ4v) is 1.31. The summed E-state index contributed by atoms with van der Waals surface area (Å²) in [7, 11) is 0. The summed E-state index contributed by atoms with van der Waals surface area (Å²) in [5, 5.41) is 11.8. The lowest BCUT2D eigenvalue weighted by Gasteiger charge is -2.14. The van der Waals surface area contributed by atoms with Gasteiger partial charge in [-0.3, -0.25) is 0 Å². The second kappa shape index (κ2) is 5.07. The van der Waals surface area contributed by atoms with Crippen LogP contribution in [0.4, 0.5) is 8.78 Å². The Hall–Kier alpha value is -1.16. The molecule has 0 aliphatic heterocycles. The number of rotatable bonds is 3. The van der Waals surface area contributed by atoms with Crippen molar-refractivity contribution >= 4 is 0 Å². The van der Waals surface area contributed by atoms with E-state index in [9.17, 15) is 8.78 Å². The molecule has 0 aromatic rings. The molecule has 2 N–H and O–H groups in total. The third kappa shape index (κ3) is 3.47. The number of allylic oxidation sites excluding steroid dienone is 5. The first-order valence-electron chi connectivity index (χ1n) is 4.83. The van der Waals surface area contributed by atoms with Crippen LogP contribution in [-0.4, -0.2) is 17.8 Å². The average molecular weight is 215 g/mol. The van der Waals surface area contributed by atoms with E-state index in [0.29, 0.717) is 11.3 Å². The van der Waals surface area contributed by atoms with Crippen LogP contribution in [-0.2, 0) is 0 Å². The van der Waals surface area contributed by atoms with Gasteiger partial charge in [0.15, 0.2) is 0 Å². The number of aliphatic hydroxyl groups excluding tert-OH is 1. The lowest BCUT2D eigenvalue weighted by Crippen LogP contribution is -2.28. The van der Waals surface area contributed by atoms with Crippen LogP contribution < -0.4 is 5.32 Å². The van der Waals surface area contributed by atoms with E-state index in [1.165, 1.54) is 12.2 Å². The highest BCUT2D eigenvalue weighted by Gasteiger charge is 2.11. The fraction of sp³-hybridized carbons (Fsp3) is 0.455. The van der Waals surface area contributed by atoms with E-state index < -0.39 is 11.7 Å². The molecule has 15 heavy (non-hydrogen) atoms. The van der Waals surface area contributed by atoms with Gasteiger partial charge in [0.1, 0.15) is 11.7 Å². The molecule has 0 amide bonds. The van der Waals surface area contributed by atoms with Crippen LogP contribution in [0.5, 0.6) is 0 Å². The Kier molecular flexibility index (Phi) is 4.03. The van der Waals surface area contributed by atoms with Crippen LogP contribution in [0.3, 0.4) is 0 Å². The molecule has 0 aromatic heterocycles. The Morgan fingerprint density at radius 3 is 2.60 bits per heavy atom. The molecule has 0 saturated heterocycles. The van der Waals surface area contributed by atoms with E-state index >= 15 is 0 Å². The van der Waals surface area contributed by atoms with Crippen LogP contribution in [0.25, 0.3) is 0 Å². The molecule has 0 radical (unpaired) electrons. The van der Waals surface area contributed by atoms with Gasteiger partial charge in [0.2, 0.25) is 0 Å². The van der Waals surface area contributed by atoms with E-state index in [2.05, 4.69) is 5.32 Å². The van der Waals surface area contributed by atoms with Crippen molar-refractivity contribution in [2.75, 3.05) is 6.61 Å². The maximum Gasteiger partial charge on any atom is 0.109 e. The van der Waals surface area contributed by atoms with Crippen LogP contribution in [0, 0.1) is 0 Å². The molecular weight excluding hydrogens is 200 g/mol. The van der Waals surface area contributed by atoms with Gasteiger partial charge in [-0.1, -0.05) is 0 Å². The first-order valence-corrected chi connectivity index (χ1v) is 4.83. The van der Waals surface area contributed by atoms with Gasteiger partial charge in [-0.25, -0.2) is 8.78 Å². The molecule has 1 atom stereocenters. The standard InChI is InChI=1S/C11H15F2NO/c1-7-3-9(12)4-10(13)5-11(7)14-8(2)6-15/h3,5,8,14-15H,4,6H2,1-2H3. The number of hydrogen-bond acceptors (Lipinski definition) is 2. The molecule has 0 heterocycles. The third-order valence-electron chi connectivity index (χ3n) is 2.11. The molecule has 84 valence electrons. The summed E-state index contributed by atoms with van der Waals surface area (Å²) >= 11 is 0. The Balaban J connectivity index is 2.92. The maximum atomic E-state index is 13.1. The highest BCUT2D eigenvalue weighted by molar-refractivity contribution is 5.36. The Morgan fingerprint density at radius 1 is 1.40 bits per heavy atom. The van der Waals surface area contributed by atoms with Crippen LogP contribution in [0.15, 0.2) is 35.1 Å². The Labute approximate surface area is 88.0 Å². The predicted octanol–water partition coefficient (Wildman–Crippen LogP) is 2.34. The van der Waals surface area contributed by atoms with Crippen molar-refractivity contribution in [3.8, 4) is 0 Å². The SMILES string of the molecule is CC1=C(NC(C)CO)C=C(F)CC(F)=C1. The second-order valence-corrected chi connectivity index (χ2v) is 3.68. The molecule has 2 nitrogen and oxygen atoms in total. The molecule has 0 bridgehead atoms. The number of nitrogens with one attached hydrogen (secondary N) is 1. The van der Waals surface area contributed by atoms with Gasteiger partial charge in [-0.05, 0) is 31.6 Å². The predicted molar refractivity (Wildman–Crippen MR) is 55.4 cm³/mol. The first kappa shape index (κ1) is 11.9. The van der Waals surface area contributed by atoms with Gasteiger partial charge in [-0.2, -0.15) is 0 Å². The molecule has 1 aliphatic carbocycles. The minimum Gasteiger partial charge on any atom is -0.394 e. The molecule has 1 rings (SSSR count). The Bertz CT molecular complexity index is 331. The van der Waals surface area contributed by atoms with Crippen molar-refractivity contribution in [1.82, 2.24) is 5.32 Å². The van der Waals surface area contributed by atoms with E-state index in [1.807, 2.05) is 0 Å². The minimum absolute atomic E-state index is 0.0571. The first-order chi connectivity index (χ1) is 7.02. The summed E-state index contributed by atoms with van der Waals surface area (Å²) in [6, 6.07) is -0.187. The van der Waals surface area contributed by atoms with Crippen LogP contribution in [0.2, 0.25) is 0 Å². The second-order valence-electron chi connectivity index (χ2n) is 3.68. The summed E-state index contributed by atoms with van der Waals surface area (Å²) in [5.41, 5.74) is 1.14. The van der Waals surface area contributed by atoms with Gasteiger partial charge in [-0.15, -0.1) is 0 Å². The third-order valence-corrected chi connectivity index (χ3v) is 2.11. The van der Waals surface area contributed by atoms with Crippen LogP contribution >= 0.6 is 0 Å². The van der Waals surface area contributed by atoms with Crippen LogP contribution in [0.1, 0.15) is 20.3 Å². The number of aliphatic hydroxyl groups is 1. The van der Waals surface area contributed by atoms with Gasteiger partial charge in [0.25, 0.3) is 0 Å². The molecule has 4 heteroatoms. The minimum atomic E-state index is -0.520. The van der Waals surface area contributed by atoms with Gasteiger partial charge in [0.05, 0.1) is 13.0 Å². The summed E-state index contributed by atoms with van der Waals surface area (Å²) in [4.78, 5) is 0. The van der Waals surface area contributed by atoms with Gasteiger partial charge < -0.3 is 10.4 Å². The quantitative estimate of drug-likeness (QED) is 0.757. The van der Waals surface area contributed by atoms with Gasteiger partial charge in [0, 0.05) is 11.7 Å². The van der Waals surface area contributed by atoms with Gasteiger partial charge >= 0.3 is 0 Å². The average Bonchev–Trinajstić information content (AvgIpc) is 2.25.